The van der Waals surface area contributed by atoms with Gasteiger partial charge in [-0.2, -0.15) is 0 Å². The molecule has 4 nitrogen and oxygen atoms in total. The maximum atomic E-state index is 14.6. The Morgan fingerprint density at radius 3 is 2.68 bits per heavy atom. The largest absolute Gasteiger partial charge is 0.487 e. The first-order valence-corrected chi connectivity index (χ1v) is 10.8. The highest BCUT2D eigenvalue weighted by Gasteiger charge is 2.46. The van der Waals surface area contributed by atoms with E-state index in [9.17, 15) is 18.0 Å². The van der Waals surface area contributed by atoms with Crippen LogP contribution in [0.1, 0.15) is 45.4 Å². The topological polar surface area (TPSA) is 68.1 Å². The molecule has 7 heteroatoms. The van der Waals surface area contributed by atoms with Gasteiger partial charge in [0.05, 0.1) is 11.5 Å². The number of hydrogen-bond acceptors (Lipinski definition) is 3. The zero-order valence-electron chi connectivity index (χ0n) is 17.5. The van der Waals surface area contributed by atoms with Gasteiger partial charge >= 0.3 is 0 Å². The summed E-state index contributed by atoms with van der Waals surface area (Å²) in [6.07, 6.45) is 7.07. The zero-order valence-corrected chi connectivity index (χ0v) is 17.5. The first-order chi connectivity index (χ1) is 14.8. The van der Waals surface area contributed by atoms with E-state index in [4.69, 9.17) is 10.5 Å². The van der Waals surface area contributed by atoms with Crippen LogP contribution in [0.15, 0.2) is 53.0 Å². The Labute approximate surface area is 179 Å². The van der Waals surface area contributed by atoms with Crippen LogP contribution in [-0.2, 0) is 0 Å². The Morgan fingerprint density at radius 2 is 2.00 bits per heavy atom. The van der Waals surface area contributed by atoms with Crippen LogP contribution in [0, 0.1) is 17.2 Å². The monoisotopic (exact) mass is 432 g/mol. The Bertz CT molecular complexity index is 1080. The molecule has 31 heavy (non-hydrogen) atoms. The molecular weight excluding hydrogens is 405 g/mol. The first-order valence-electron chi connectivity index (χ1n) is 10.8. The molecule has 166 valence electrons. The van der Waals surface area contributed by atoms with Crippen LogP contribution in [0.3, 0.4) is 0 Å². The van der Waals surface area contributed by atoms with Crippen LogP contribution in [0.2, 0.25) is 0 Å². The van der Waals surface area contributed by atoms with E-state index in [1.807, 2.05) is 6.92 Å². The number of benzene rings is 1. The van der Waals surface area contributed by atoms with Gasteiger partial charge in [0.25, 0.3) is 5.56 Å². The van der Waals surface area contributed by atoms with Crippen molar-refractivity contribution in [3.05, 3.63) is 64.4 Å². The van der Waals surface area contributed by atoms with Gasteiger partial charge in [-0.05, 0) is 73.1 Å². The van der Waals surface area contributed by atoms with Crippen LogP contribution in [-0.4, -0.2) is 17.1 Å². The van der Waals surface area contributed by atoms with Crippen molar-refractivity contribution >= 4 is 10.8 Å². The Balaban J connectivity index is 1.53. The third-order valence-electron chi connectivity index (χ3n) is 6.97. The van der Waals surface area contributed by atoms with Crippen LogP contribution in [0.5, 0.6) is 5.75 Å². The Hall–Kier alpha value is -2.54. The maximum absolute atomic E-state index is 14.6. The standard InChI is InChI=1S/C24H27F3N2O2/c1-2-22(28)24(15-10-16(25)12-17(26)11-15)6-3-18(4-7-24)31-21-9-14-5-8-29-23(30)19(14)13-20(21)27/h5,8-10,12-13,15,18,22H,2-4,6-7,11,28H2,1H3,(H,29,30). The van der Waals surface area contributed by atoms with Gasteiger partial charge in [-0.3, -0.25) is 4.79 Å². The molecule has 4 rings (SSSR count). The van der Waals surface area contributed by atoms with E-state index in [1.165, 1.54) is 18.3 Å². The fraction of sp³-hybridized carbons (Fsp3) is 0.458. The lowest BCUT2D eigenvalue weighted by Gasteiger charge is -2.48. The molecule has 1 aromatic heterocycles. The van der Waals surface area contributed by atoms with Crippen molar-refractivity contribution in [3.63, 3.8) is 0 Å². The smallest absolute Gasteiger partial charge is 0.255 e. The molecule has 0 bridgehead atoms. The molecule has 2 atom stereocenters. The molecule has 2 aliphatic rings. The highest BCUT2D eigenvalue weighted by Crippen LogP contribution is 2.50. The second kappa shape index (κ2) is 8.54. The molecule has 2 unspecified atom stereocenters. The van der Waals surface area contributed by atoms with E-state index in [-0.39, 0.29) is 41.2 Å². The van der Waals surface area contributed by atoms with Gasteiger partial charge in [0.15, 0.2) is 11.6 Å². The minimum atomic E-state index is -0.587. The number of nitrogens with one attached hydrogen (secondary N) is 1. The molecule has 2 aromatic rings. The maximum Gasteiger partial charge on any atom is 0.255 e. The van der Waals surface area contributed by atoms with Gasteiger partial charge in [-0.15, -0.1) is 0 Å². The first kappa shape index (κ1) is 21.7. The van der Waals surface area contributed by atoms with E-state index in [2.05, 4.69) is 4.98 Å². The molecule has 1 aromatic carbocycles. The molecule has 0 radical (unpaired) electrons. The molecule has 3 N–H and O–H groups in total. The van der Waals surface area contributed by atoms with Crippen molar-refractivity contribution in [2.75, 3.05) is 0 Å². The predicted octanol–water partition coefficient (Wildman–Crippen LogP) is 5.44. The van der Waals surface area contributed by atoms with Crippen LogP contribution < -0.4 is 16.0 Å². The minimum Gasteiger partial charge on any atom is -0.487 e. The van der Waals surface area contributed by atoms with Crippen LogP contribution in [0.25, 0.3) is 10.8 Å². The van der Waals surface area contributed by atoms with Gasteiger partial charge in [0.1, 0.15) is 11.7 Å². The van der Waals surface area contributed by atoms with Crippen molar-refractivity contribution < 1.29 is 17.9 Å². The number of nitrogens with two attached hydrogens (primary N) is 1. The quantitative estimate of drug-likeness (QED) is 0.661. The second-order valence-corrected chi connectivity index (χ2v) is 8.70. The summed E-state index contributed by atoms with van der Waals surface area (Å²) in [6, 6.07) is 4.23. The molecule has 0 saturated heterocycles. The molecule has 1 fully saturated rings. The number of aromatic nitrogens is 1. The number of aromatic amines is 1. The summed E-state index contributed by atoms with van der Waals surface area (Å²) in [6.45, 7) is 1.98. The molecule has 1 saturated carbocycles. The molecule has 2 aliphatic carbocycles. The lowest BCUT2D eigenvalue weighted by Crippen LogP contribution is -2.50. The van der Waals surface area contributed by atoms with Gasteiger partial charge < -0.3 is 15.5 Å². The van der Waals surface area contributed by atoms with Crippen LogP contribution >= 0.6 is 0 Å². The van der Waals surface area contributed by atoms with Crippen LogP contribution in [0.4, 0.5) is 13.2 Å². The summed E-state index contributed by atoms with van der Waals surface area (Å²) in [5.74, 6) is -1.80. The normalized spacial score (nSPS) is 27.5. The van der Waals surface area contributed by atoms with Gasteiger partial charge in [0, 0.05) is 24.7 Å². The third-order valence-corrected chi connectivity index (χ3v) is 6.97. The van der Waals surface area contributed by atoms with Gasteiger partial charge in [0.2, 0.25) is 0 Å². The summed E-state index contributed by atoms with van der Waals surface area (Å²) >= 11 is 0. The lowest BCUT2D eigenvalue weighted by molar-refractivity contribution is 0.0251. The van der Waals surface area contributed by atoms with E-state index in [0.717, 1.165) is 6.08 Å². The number of rotatable bonds is 5. The zero-order chi connectivity index (χ0) is 22.2. The number of hydrogen-bond donors (Lipinski definition) is 2. The van der Waals surface area contributed by atoms with E-state index < -0.39 is 22.9 Å². The highest BCUT2D eigenvalue weighted by molar-refractivity contribution is 5.82. The molecule has 0 amide bonds. The van der Waals surface area contributed by atoms with Gasteiger partial charge in [-0.1, -0.05) is 6.92 Å². The molecular formula is C24H27F3N2O2. The predicted molar refractivity (Wildman–Crippen MR) is 115 cm³/mol. The number of halogens is 3. The molecule has 1 heterocycles. The fourth-order valence-electron chi connectivity index (χ4n) is 5.22. The summed E-state index contributed by atoms with van der Waals surface area (Å²) in [4.78, 5) is 14.4. The van der Waals surface area contributed by atoms with E-state index in [0.29, 0.717) is 37.5 Å². The lowest BCUT2D eigenvalue weighted by atomic mass is 9.59. The summed E-state index contributed by atoms with van der Waals surface area (Å²) < 4.78 is 48.5. The average molecular weight is 432 g/mol. The second-order valence-electron chi connectivity index (χ2n) is 8.70. The van der Waals surface area contributed by atoms with Crippen molar-refractivity contribution in [2.45, 2.75) is 57.6 Å². The third kappa shape index (κ3) is 4.15. The number of H-pyrrole nitrogens is 1. The average Bonchev–Trinajstić information content (AvgIpc) is 2.74. The summed E-state index contributed by atoms with van der Waals surface area (Å²) in [5.41, 5.74) is 5.70. The van der Waals surface area contributed by atoms with Crippen molar-refractivity contribution in [2.24, 2.45) is 17.1 Å². The van der Waals surface area contributed by atoms with E-state index in [1.54, 1.807) is 12.1 Å². The highest BCUT2D eigenvalue weighted by atomic mass is 19.1. The molecule has 0 aliphatic heterocycles. The molecule has 0 spiro atoms. The Morgan fingerprint density at radius 1 is 1.26 bits per heavy atom. The number of allylic oxidation sites excluding steroid dienone is 4. The number of pyridine rings is 1. The fourth-order valence-corrected chi connectivity index (χ4v) is 5.22. The van der Waals surface area contributed by atoms with Crippen molar-refractivity contribution in [1.82, 2.24) is 4.98 Å². The summed E-state index contributed by atoms with van der Waals surface area (Å²) in [5, 5.41) is 0.869. The van der Waals surface area contributed by atoms with Crippen molar-refractivity contribution in [3.8, 4) is 5.75 Å². The number of ether oxygens (including phenoxy) is 1. The summed E-state index contributed by atoms with van der Waals surface area (Å²) in [7, 11) is 0. The number of fused-ring (bicyclic) bond motifs is 1. The van der Waals surface area contributed by atoms with Gasteiger partial charge in [-0.25, -0.2) is 13.2 Å². The minimum absolute atomic E-state index is 0.105. The van der Waals surface area contributed by atoms with Crippen molar-refractivity contribution in [1.29, 1.82) is 0 Å². The van der Waals surface area contributed by atoms with E-state index >= 15 is 0 Å². The SMILES string of the molecule is CCC(N)C1(C2C=C(F)C=C(F)C2)CCC(Oc2cc3cc[nH]c(=O)c3cc2F)CC1. The Kier molecular flexibility index (Phi) is 5.97.